The van der Waals surface area contributed by atoms with Gasteiger partial charge in [-0.2, -0.15) is 0 Å². The Morgan fingerprint density at radius 1 is 1.15 bits per heavy atom. The van der Waals surface area contributed by atoms with Crippen LogP contribution in [0, 0.1) is 12.8 Å². The summed E-state index contributed by atoms with van der Waals surface area (Å²) < 4.78 is 11.0. The van der Waals surface area contributed by atoms with Gasteiger partial charge in [0, 0.05) is 6.54 Å². The zero-order valence-corrected chi connectivity index (χ0v) is 14.9. The molecule has 1 saturated heterocycles. The third kappa shape index (κ3) is 3.27. The van der Waals surface area contributed by atoms with Crippen molar-refractivity contribution in [2.75, 3.05) is 19.9 Å². The number of ether oxygens (including phenoxy) is 2. The highest BCUT2D eigenvalue weighted by Crippen LogP contribution is 2.39. The van der Waals surface area contributed by atoms with Crippen LogP contribution < -0.4 is 9.47 Å². The lowest BCUT2D eigenvalue weighted by Crippen LogP contribution is -2.41. The molecular formula is C21H23NO4. The first kappa shape index (κ1) is 16.9. The maximum atomic E-state index is 11.5. The van der Waals surface area contributed by atoms with Gasteiger partial charge in [0.1, 0.15) is 0 Å². The standard InChI is InChI=1S/C21H23NO4/c1-14-4-2-5-15(10-14)20(22-9-3-6-17(12-22)21(23)24)16-7-8-18-19(11-16)26-13-25-18/h2,4-5,7-8,10-11,17,20H,3,6,9,12-13H2,1H3,(H,23,24). The molecule has 5 nitrogen and oxygen atoms in total. The summed E-state index contributed by atoms with van der Waals surface area (Å²) >= 11 is 0. The van der Waals surface area contributed by atoms with E-state index >= 15 is 0 Å². The lowest BCUT2D eigenvalue weighted by Gasteiger charge is -2.37. The number of rotatable bonds is 4. The van der Waals surface area contributed by atoms with Crippen molar-refractivity contribution in [3.05, 3.63) is 59.2 Å². The van der Waals surface area contributed by atoms with E-state index in [0.717, 1.165) is 36.4 Å². The lowest BCUT2D eigenvalue weighted by atomic mass is 9.91. The first-order valence-electron chi connectivity index (χ1n) is 9.05. The fourth-order valence-corrected chi connectivity index (χ4v) is 3.98. The number of hydrogen-bond donors (Lipinski definition) is 1. The normalized spacial score (nSPS) is 20.7. The number of nitrogens with zero attached hydrogens (tertiary/aromatic N) is 1. The summed E-state index contributed by atoms with van der Waals surface area (Å²) in [4.78, 5) is 13.8. The summed E-state index contributed by atoms with van der Waals surface area (Å²) in [5.41, 5.74) is 3.47. The Balaban J connectivity index is 1.73. The number of carbonyl (C=O) groups is 1. The lowest BCUT2D eigenvalue weighted by molar-refractivity contribution is -0.143. The fourth-order valence-electron chi connectivity index (χ4n) is 3.98. The van der Waals surface area contributed by atoms with E-state index in [1.54, 1.807) is 0 Å². The van der Waals surface area contributed by atoms with Gasteiger partial charge in [0.2, 0.25) is 6.79 Å². The molecule has 2 heterocycles. The predicted molar refractivity (Wildman–Crippen MR) is 97.5 cm³/mol. The minimum absolute atomic E-state index is 0.00606. The average Bonchev–Trinajstić information content (AvgIpc) is 3.10. The van der Waals surface area contributed by atoms with Crippen molar-refractivity contribution in [1.82, 2.24) is 4.90 Å². The molecule has 26 heavy (non-hydrogen) atoms. The molecule has 2 aromatic rings. The molecule has 0 saturated carbocycles. The molecule has 136 valence electrons. The zero-order chi connectivity index (χ0) is 18.1. The van der Waals surface area contributed by atoms with Gasteiger partial charge >= 0.3 is 5.97 Å². The van der Waals surface area contributed by atoms with Crippen LogP contribution in [0.2, 0.25) is 0 Å². The van der Waals surface area contributed by atoms with Gasteiger partial charge in [-0.1, -0.05) is 35.9 Å². The summed E-state index contributed by atoms with van der Waals surface area (Å²) in [5.74, 6) is 0.499. The number of hydrogen-bond acceptors (Lipinski definition) is 4. The van der Waals surface area contributed by atoms with Gasteiger partial charge in [-0.25, -0.2) is 0 Å². The third-order valence-corrected chi connectivity index (χ3v) is 5.24. The molecule has 2 aromatic carbocycles. The van der Waals surface area contributed by atoms with Crippen LogP contribution in [-0.4, -0.2) is 35.9 Å². The molecule has 2 aliphatic heterocycles. The largest absolute Gasteiger partial charge is 0.481 e. The van der Waals surface area contributed by atoms with Crippen molar-refractivity contribution in [1.29, 1.82) is 0 Å². The highest BCUT2D eigenvalue weighted by atomic mass is 16.7. The van der Waals surface area contributed by atoms with E-state index < -0.39 is 5.97 Å². The zero-order valence-electron chi connectivity index (χ0n) is 14.9. The summed E-state index contributed by atoms with van der Waals surface area (Å²) in [6.45, 7) is 3.77. The first-order chi connectivity index (χ1) is 12.6. The van der Waals surface area contributed by atoms with Crippen LogP contribution in [0.5, 0.6) is 11.5 Å². The van der Waals surface area contributed by atoms with Gasteiger partial charge in [0.25, 0.3) is 0 Å². The number of likely N-dealkylation sites (tertiary alicyclic amines) is 1. The second-order valence-electron chi connectivity index (χ2n) is 7.10. The van der Waals surface area contributed by atoms with Crippen LogP contribution in [0.1, 0.15) is 35.6 Å². The Hall–Kier alpha value is -2.53. The minimum Gasteiger partial charge on any atom is -0.481 e. The Bertz CT molecular complexity index is 819. The Morgan fingerprint density at radius 2 is 1.96 bits per heavy atom. The molecule has 5 heteroatoms. The molecular weight excluding hydrogens is 330 g/mol. The maximum Gasteiger partial charge on any atom is 0.307 e. The summed E-state index contributed by atoms with van der Waals surface area (Å²) in [6, 6.07) is 14.5. The van der Waals surface area contributed by atoms with Gasteiger partial charge in [0.15, 0.2) is 11.5 Å². The average molecular weight is 353 g/mol. The van der Waals surface area contributed by atoms with E-state index in [2.05, 4.69) is 42.2 Å². The fraction of sp³-hybridized carbons (Fsp3) is 0.381. The topological polar surface area (TPSA) is 59.0 Å². The van der Waals surface area contributed by atoms with E-state index in [0.29, 0.717) is 6.54 Å². The van der Waals surface area contributed by atoms with Gasteiger partial charge in [-0.15, -0.1) is 0 Å². The van der Waals surface area contributed by atoms with E-state index in [1.165, 1.54) is 11.1 Å². The van der Waals surface area contributed by atoms with E-state index in [1.807, 2.05) is 12.1 Å². The van der Waals surface area contributed by atoms with Crippen LogP contribution in [0.15, 0.2) is 42.5 Å². The minimum atomic E-state index is -0.705. The van der Waals surface area contributed by atoms with Crippen LogP contribution >= 0.6 is 0 Å². The summed E-state index contributed by atoms with van der Waals surface area (Å²) in [6.07, 6.45) is 1.64. The smallest absolute Gasteiger partial charge is 0.307 e. The van der Waals surface area contributed by atoms with Gasteiger partial charge in [-0.3, -0.25) is 9.69 Å². The highest BCUT2D eigenvalue weighted by Gasteiger charge is 2.32. The third-order valence-electron chi connectivity index (χ3n) is 5.24. The molecule has 0 spiro atoms. The van der Waals surface area contributed by atoms with Crippen LogP contribution in [-0.2, 0) is 4.79 Å². The SMILES string of the molecule is Cc1cccc(C(c2ccc3c(c2)OCO3)N2CCCC(C(=O)O)C2)c1. The Labute approximate surface area is 153 Å². The van der Waals surface area contributed by atoms with Crippen molar-refractivity contribution in [3.8, 4) is 11.5 Å². The van der Waals surface area contributed by atoms with Gasteiger partial charge in [-0.05, 0) is 49.6 Å². The highest BCUT2D eigenvalue weighted by molar-refractivity contribution is 5.70. The predicted octanol–water partition coefficient (Wildman–Crippen LogP) is 3.61. The molecule has 0 radical (unpaired) electrons. The van der Waals surface area contributed by atoms with Crippen molar-refractivity contribution in [2.45, 2.75) is 25.8 Å². The molecule has 4 rings (SSSR count). The molecule has 0 amide bonds. The maximum absolute atomic E-state index is 11.5. The second kappa shape index (κ2) is 7.00. The number of aliphatic carboxylic acids is 1. The molecule has 2 unspecified atom stereocenters. The van der Waals surface area contributed by atoms with Crippen molar-refractivity contribution >= 4 is 5.97 Å². The number of piperidine rings is 1. The summed E-state index contributed by atoms with van der Waals surface area (Å²) in [5, 5.41) is 9.49. The molecule has 0 aromatic heterocycles. The number of carboxylic acids is 1. The van der Waals surface area contributed by atoms with Crippen LogP contribution in [0.4, 0.5) is 0 Å². The van der Waals surface area contributed by atoms with Crippen molar-refractivity contribution < 1.29 is 19.4 Å². The molecule has 2 atom stereocenters. The number of aryl methyl sites for hydroxylation is 1. The Morgan fingerprint density at radius 3 is 2.77 bits per heavy atom. The Kier molecular flexibility index (Phi) is 4.55. The number of fused-ring (bicyclic) bond motifs is 1. The van der Waals surface area contributed by atoms with Crippen molar-refractivity contribution in [2.24, 2.45) is 5.92 Å². The van der Waals surface area contributed by atoms with Gasteiger partial charge in [0.05, 0.1) is 12.0 Å². The molecule has 2 aliphatic rings. The van der Waals surface area contributed by atoms with Crippen molar-refractivity contribution in [3.63, 3.8) is 0 Å². The molecule has 1 N–H and O–H groups in total. The molecule has 0 bridgehead atoms. The quantitative estimate of drug-likeness (QED) is 0.910. The van der Waals surface area contributed by atoms with E-state index in [9.17, 15) is 9.90 Å². The second-order valence-corrected chi connectivity index (χ2v) is 7.10. The molecule has 1 fully saturated rings. The number of carboxylic acid groups (broad SMARTS) is 1. The number of benzene rings is 2. The van der Waals surface area contributed by atoms with Crippen LogP contribution in [0.3, 0.4) is 0 Å². The monoisotopic (exact) mass is 353 g/mol. The summed E-state index contributed by atoms with van der Waals surface area (Å²) in [7, 11) is 0. The van der Waals surface area contributed by atoms with Crippen LogP contribution in [0.25, 0.3) is 0 Å². The van der Waals surface area contributed by atoms with Gasteiger partial charge < -0.3 is 14.6 Å². The van der Waals surface area contributed by atoms with E-state index in [-0.39, 0.29) is 18.8 Å². The van der Waals surface area contributed by atoms with E-state index in [4.69, 9.17) is 9.47 Å². The first-order valence-corrected chi connectivity index (χ1v) is 9.05. The molecule has 0 aliphatic carbocycles.